The van der Waals surface area contributed by atoms with Crippen molar-refractivity contribution in [3.8, 4) is 11.5 Å². The van der Waals surface area contributed by atoms with Gasteiger partial charge in [-0.25, -0.2) is 0 Å². The van der Waals surface area contributed by atoms with Crippen LogP contribution in [0.25, 0.3) is 0 Å². The van der Waals surface area contributed by atoms with Gasteiger partial charge < -0.3 is 19.5 Å². The third-order valence-electron chi connectivity index (χ3n) is 6.76. The van der Waals surface area contributed by atoms with Crippen LogP contribution >= 0.6 is 0 Å². The van der Waals surface area contributed by atoms with Gasteiger partial charge in [0.25, 0.3) is 0 Å². The van der Waals surface area contributed by atoms with E-state index in [2.05, 4.69) is 34.3 Å². The Kier molecular flexibility index (Phi) is 6.28. The summed E-state index contributed by atoms with van der Waals surface area (Å²) in [5, 5.41) is 3.29. The first-order valence-corrected chi connectivity index (χ1v) is 11.6. The zero-order chi connectivity index (χ0) is 21.9. The molecule has 1 amide bonds. The molecule has 3 aliphatic rings. The Morgan fingerprint density at radius 2 is 2.09 bits per heavy atom. The van der Waals surface area contributed by atoms with Crippen molar-refractivity contribution >= 4 is 5.91 Å². The first kappa shape index (κ1) is 21.2. The summed E-state index contributed by atoms with van der Waals surface area (Å²) in [4.78, 5) is 20.0. The molecule has 170 valence electrons. The number of hydrogen-bond acceptors (Lipinski definition) is 6. The topological polar surface area (TPSA) is 72.9 Å². The van der Waals surface area contributed by atoms with Crippen LogP contribution < -0.4 is 14.8 Å². The van der Waals surface area contributed by atoms with E-state index in [4.69, 9.17) is 14.2 Å². The highest BCUT2D eigenvalue weighted by atomic mass is 16.7. The first-order valence-electron chi connectivity index (χ1n) is 11.6. The second-order valence-electron chi connectivity index (χ2n) is 9.01. The molecule has 2 aromatic rings. The van der Waals surface area contributed by atoms with Gasteiger partial charge in [0.2, 0.25) is 12.7 Å². The highest BCUT2D eigenvalue weighted by Crippen LogP contribution is 2.36. The van der Waals surface area contributed by atoms with Crippen molar-refractivity contribution in [1.82, 2.24) is 15.2 Å². The molecule has 1 aromatic carbocycles. The summed E-state index contributed by atoms with van der Waals surface area (Å²) in [6, 6.07) is 9.98. The van der Waals surface area contributed by atoms with Crippen molar-refractivity contribution in [3.05, 3.63) is 53.3 Å². The van der Waals surface area contributed by atoms with Crippen LogP contribution in [0.5, 0.6) is 11.5 Å². The van der Waals surface area contributed by atoms with E-state index in [9.17, 15) is 4.79 Å². The summed E-state index contributed by atoms with van der Waals surface area (Å²) in [7, 11) is 0. The number of aryl methyl sites for hydroxylation is 1. The van der Waals surface area contributed by atoms with E-state index in [1.807, 2.05) is 18.2 Å². The summed E-state index contributed by atoms with van der Waals surface area (Å²) in [5.74, 6) is 1.93. The largest absolute Gasteiger partial charge is 0.454 e. The molecule has 1 N–H and O–H groups in total. The van der Waals surface area contributed by atoms with Gasteiger partial charge in [-0.05, 0) is 80.5 Å². The summed E-state index contributed by atoms with van der Waals surface area (Å²) >= 11 is 0. The third-order valence-corrected chi connectivity index (χ3v) is 6.76. The summed E-state index contributed by atoms with van der Waals surface area (Å²) < 4.78 is 16.7. The number of fused-ring (bicyclic) bond motifs is 1. The first-order chi connectivity index (χ1) is 15.7. The Morgan fingerprint density at radius 3 is 2.88 bits per heavy atom. The van der Waals surface area contributed by atoms with Gasteiger partial charge in [0.05, 0.1) is 11.7 Å². The van der Waals surface area contributed by atoms with Gasteiger partial charge in [0.15, 0.2) is 11.5 Å². The molecule has 32 heavy (non-hydrogen) atoms. The van der Waals surface area contributed by atoms with E-state index < -0.39 is 0 Å². The number of carbonyl (C=O) groups excluding carboxylic acids is 1. The molecule has 0 aliphatic carbocycles. The van der Waals surface area contributed by atoms with Crippen molar-refractivity contribution < 1.29 is 19.0 Å². The quantitative estimate of drug-likeness (QED) is 0.747. The number of likely N-dealkylation sites (tertiary alicyclic amines) is 1. The fraction of sp³-hybridized carbons (Fsp3) is 0.520. The minimum Gasteiger partial charge on any atom is -0.454 e. The van der Waals surface area contributed by atoms with Crippen molar-refractivity contribution in [2.24, 2.45) is 5.92 Å². The Labute approximate surface area is 189 Å². The minimum atomic E-state index is -0.336. The lowest BCUT2D eigenvalue weighted by molar-refractivity contribution is -0.131. The number of carbonyl (C=O) groups is 1. The smallest absolute Gasteiger partial charge is 0.249 e. The molecule has 1 aromatic heterocycles. The van der Waals surface area contributed by atoms with E-state index in [0.717, 1.165) is 62.5 Å². The number of ether oxygens (including phenoxy) is 3. The van der Waals surface area contributed by atoms with Crippen LogP contribution in [0.1, 0.15) is 48.5 Å². The molecule has 0 saturated carbocycles. The van der Waals surface area contributed by atoms with Crippen molar-refractivity contribution in [3.63, 3.8) is 0 Å². The SMILES string of the molecule is Cc1cc2c(cc1CN1CCC[C@@H]([C@H](NC(=O)[C@@H]3CCCO3)c3ccccn3)C1)OCO2. The molecule has 2 saturated heterocycles. The number of hydrogen-bond donors (Lipinski definition) is 1. The lowest BCUT2D eigenvalue weighted by Gasteiger charge is -2.37. The maximum absolute atomic E-state index is 12.9. The average Bonchev–Trinajstić information content (AvgIpc) is 3.50. The second kappa shape index (κ2) is 9.46. The Morgan fingerprint density at radius 1 is 1.22 bits per heavy atom. The molecule has 7 heteroatoms. The van der Waals surface area contributed by atoms with Crippen LogP contribution in [-0.4, -0.2) is 48.4 Å². The zero-order valence-electron chi connectivity index (χ0n) is 18.6. The number of amides is 1. The van der Waals surface area contributed by atoms with Crippen LogP contribution in [0.2, 0.25) is 0 Å². The van der Waals surface area contributed by atoms with Crippen LogP contribution in [0, 0.1) is 12.8 Å². The number of nitrogens with one attached hydrogen (secondary N) is 1. The maximum atomic E-state index is 12.9. The number of nitrogens with zero attached hydrogens (tertiary/aromatic N) is 2. The normalized spacial score (nSPS) is 23.8. The van der Waals surface area contributed by atoms with Gasteiger partial charge in [-0.15, -0.1) is 0 Å². The van der Waals surface area contributed by atoms with Gasteiger partial charge in [-0.2, -0.15) is 0 Å². The number of rotatable bonds is 6. The van der Waals surface area contributed by atoms with Gasteiger partial charge >= 0.3 is 0 Å². The van der Waals surface area contributed by atoms with Crippen LogP contribution in [-0.2, 0) is 16.1 Å². The molecule has 3 atom stereocenters. The zero-order valence-corrected chi connectivity index (χ0v) is 18.6. The fourth-order valence-corrected chi connectivity index (χ4v) is 5.03. The highest BCUT2D eigenvalue weighted by molar-refractivity contribution is 5.81. The van der Waals surface area contributed by atoms with E-state index >= 15 is 0 Å². The second-order valence-corrected chi connectivity index (χ2v) is 9.01. The molecule has 5 rings (SSSR count). The Hall–Kier alpha value is -2.64. The maximum Gasteiger partial charge on any atom is 0.249 e. The van der Waals surface area contributed by atoms with Gasteiger partial charge in [-0.3, -0.25) is 14.7 Å². The molecular weight excluding hydrogens is 406 g/mol. The van der Waals surface area contributed by atoms with E-state index in [-0.39, 0.29) is 18.1 Å². The lowest BCUT2D eigenvalue weighted by atomic mass is 9.87. The predicted octanol–water partition coefficient (Wildman–Crippen LogP) is 3.37. The molecule has 7 nitrogen and oxygen atoms in total. The molecule has 0 radical (unpaired) electrons. The molecule has 4 heterocycles. The van der Waals surface area contributed by atoms with Crippen molar-refractivity contribution in [2.45, 2.75) is 51.3 Å². The molecule has 0 unspecified atom stereocenters. The monoisotopic (exact) mass is 437 g/mol. The van der Waals surface area contributed by atoms with Crippen LogP contribution in [0.15, 0.2) is 36.5 Å². The summed E-state index contributed by atoms with van der Waals surface area (Å²) in [5.41, 5.74) is 3.39. The molecule has 3 aliphatic heterocycles. The molecule has 0 spiro atoms. The van der Waals surface area contributed by atoms with E-state index in [1.54, 1.807) is 6.20 Å². The van der Waals surface area contributed by atoms with Crippen molar-refractivity contribution in [1.29, 1.82) is 0 Å². The van der Waals surface area contributed by atoms with E-state index in [1.165, 1.54) is 11.1 Å². The highest BCUT2D eigenvalue weighted by Gasteiger charge is 2.33. The van der Waals surface area contributed by atoms with Crippen LogP contribution in [0.4, 0.5) is 0 Å². The Balaban J connectivity index is 1.31. The number of pyridine rings is 1. The fourth-order valence-electron chi connectivity index (χ4n) is 5.03. The number of benzene rings is 1. The standard InChI is InChI=1S/C25H31N3O4/c1-17-12-22-23(32-16-31-22)13-19(17)15-28-10-4-6-18(14-28)24(20-7-2-3-9-26-20)27-25(29)21-8-5-11-30-21/h2-3,7,9,12-13,18,21,24H,4-6,8,10-11,14-16H2,1H3,(H,27,29)/t18-,21+,24+/m1/s1. The summed E-state index contributed by atoms with van der Waals surface area (Å²) in [6.45, 7) is 5.88. The van der Waals surface area contributed by atoms with Crippen molar-refractivity contribution in [2.75, 3.05) is 26.5 Å². The number of aromatic nitrogens is 1. The third kappa shape index (κ3) is 4.59. The molecule has 2 fully saturated rings. The van der Waals surface area contributed by atoms with Crippen LogP contribution in [0.3, 0.4) is 0 Å². The average molecular weight is 438 g/mol. The Bertz CT molecular complexity index is 946. The van der Waals surface area contributed by atoms with Gasteiger partial charge in [0, 0.05) is 25.9 Å². The molecule has 0 bridgehead atoms. The predicted molar refractivity (Wildman–Crippen MR) is 119 cm³/mol. The molecular formula is C25H31N3O4. The summed E-state index contributed by atoms with van der Waals surface area (Å²) in [6.07, 6.45) is 5.35. The van der Waals surface area contributed by atoms with Gasteiger partial charge in [-0.1, -0.05) is 6.07 Å². The van der Waals surface area contributed by atoms with E-state index in [0.29, 0.717) is 19.3 Å². The van der Waals surface area contributed by atoms with Gasteiger partial charge in [0.1, 0.15) is 6.10 Å². The lowest BCUT2D eigenvalue weighted by Crippen LogP contribution is -2.45. The number of piperidine rings is 1. The minimum absolute atomic E-state index is 0.0121.